The van der Waals surface area contributed by atoms with Crippen molar-refractivity contribution in [2.75, 3.05) is 24.7 Å². The molecule has 1 amide bonds. The molecule has 0 aliphatic carbocycles. The molecule has 0 atom stereocenters. The number of amidine groups is 1. The minimum atomic E-state index is -0.102. The normalized spacial score (nSPS) is 11.5. The van der Waals surface area contributed by atoms with Gasteiger partial charge in [0.15, 0.2) is 11.5 Å². The summed E-state index contributed by atoms with van der Waals surface area (Å²) in [5.74, 6) is 1.35. The molecule has 0 aliphatic rings. The lowest BCUT2D eigenvalue weighted by atomic mass is 10.0. The van der Waals surface area contributed by atoms with Crippen LogP contribution in [0.5, 0.6) is 0 Å². The van der Waals surface area contributed by atoms with Crippen LogP contribution >= 0.6 is 0 Å². The number of imidazole rings is 1. The van der Waals surface area contributed by atoms with Crippen LogP contribution in [0.15, 0.2) is 90.3 Å². The molecule has 0 saturated heterocycles. The molecule has 0 aliphatic heterocycles. The highest BCUT2D eigenvalue weighted by Crippen LogP contribution is 2.30. The number of hydrogen-bond donors (Lipinski definition) is 3. The Morgan fingerprint density at radius 1 is 1.02 bits per heavy atom. The molecule has 2 aromatic heterocycles. The molecule has 0 bridgehead atoms. The number of aliphatic imine (C=N–C) groups is 1. The van der Waals surface area contributed by atoms with Crippen LogP contribution in [0.4, 0.5) is 17.2 Å². The lowest BCUT2D eigenvalue weighted by Crippen LogP contribution is -2.19. The van der Waals surface area contributed by atoms with Crippen molar-refractivity contribution < 1.29 is 4.79 Å². The van der Waals surface area contributed by atoms with Gasteiger partial charge in [-0.2, -0.15) is 0 Å². The lowest BCUT2D eigenvalue weighted by Gasteiger charge is -2.15. The van der Waals surface area contributed by atoms with Gasteiger partial charge in [-0.25, -0.2) is 9.97 Å². The Morgan fingerprint density at radius 2 is 1.83 bits per heavy atom. The Bertz CT molecular complexity index is 1700. The van der Waals surface area contributed by atoms with Crippen LogP contribution in [-0.4, -0.2) is 40.2 Å². The summed E-state index contributed by atoms with van der Waals surface area (Å²) in [6.07, 6.45) is 8.63. The zero-order valence-electron chi connectivity index (χ0n) is 23.9. The Hall–Kier alpha value is -4.98. The molecular formula is C33H35N7O. The van der Waals surface area contributed by atoms with E-state index >= 15 is 0 Å². The van der Waals surface area contributed by atoms with Crippen LogP contribution < -0.4 is 16.0 Å². The van der Waals surface area contributed by atoms with Crippen LogP contribution in [0.1, 0.15) is 46.8 Å². The van der Waals surface area contributed by atoms with Crippen LogP contribution in [-0.2, 0) is 6.42 Å². The highest BCUT2D eigenvalue weighted by molar-refractivity contribution is 6.06. The number of benzene rings is 3. The van der Waals surface area contributed by atoms with Crippen LogP contribution in [0, 0.1) is 6.92 Å². The molecular weight excluding hydrogens is 510 g/mol. The first-order chi connectivity index (χ1) is 20.0. The van der Waals surface area contributed by atoms with E-state index in [-0.39, 0.29) is 5.91 Å². The maximum atomic E-state index is 13.3. The van der Waals surface area contributed by atoms with Crippen molar-refractivity contribution in [1.29, 1.82) is 0 Å². The Morgan fingerprint density at radius 3 is 2.59 bits per heavy atom. The van der Waals surface area contributed by atoms with E-state index in [4.69, 9.17) is 4.98 Å². The topological polar surface area (TPSA) is 95.7 Å². The van der Waals surface area contributed by atoms with Gasteiger partial charge in [0.1, 0.15) is 5.84 Å². The predicted molar refractivity (Wildman–Crippen MR) is 167 cm³/mol. The van der Waals surface area contributed by atoms with Gasteiger partial charge < -0.3 is 20.4 Å². The first-order valence-corrected chi connectivity index (χ1v) is 13.9. The number of carbonyl (C=O) groups excluding carboxylic acids is 1. The number of fused-ring (bicyclic) bond motifs is 1. The first-order valence-electron chi connectivity index (χ1n) is 13.9. The number of unbranched alkanes of at least 4 members (excludes halogenated alkanes) is 1. The smallest absolute Gasteiger partial charge is 0.255 e. The number of rotatable bonds is 9. The Labute approximate surface area is 240 Å². The minimum Gasteiger partial charge on any atom is -0.373 e. The van der Waals surface area contributed by atoms with E-state index in [0.717, 1.165) is 70.1 Å². The molecule has 0 unspecified atom stereocenters. The van der Waals surface area contributed by atoms with E-state index in [9.17, 15) is 4.79 Å². The van der Waals surface area contributed by atoms with E-state index in [1.807, 2.05) is 97.5 Å². The summed E-state index contributed by atoms with van der Waals surface area (Å²) in [4.78, 5) is 27.1. The summed E-state index contributed by atoms with van der Waals surface area (Å²) >= 11 is 0. The number of nitrogens with one attached hydrogen (secondary N) is 3. The number of hydrogen-bond acceptors (Lipinski definition) is 5. The molecule has 208 valence electrons. The molecule has 5 aromatic rings. The summed E-state index contributed by atoms with van der Waals surface area (Å²) in [7, 11) is 3.62. The summed E-state index contributed by atoms with van der Waals surface area (Å²) in [6.45, 7) is 4.17. The molecule has 0 spiro atoms. The lowest BCUT2D eigenvalue weighted by molar-refractivity contribution is 0.102. The average molecular weight is 546 g/mol. The van der Waals surface area contributed by atoms with Crippen molar-refractivity contribution in [1.82, 2.24) is 19.7 Å². The van der Waals surface area contributed by atoms with Crippen LogP contribution in [0.25, 0.3) is 16.9 Å². The quantitative estimate of drug-likeness (QED) is 0.143. The molecule has 0 fully saturated rings. The van der Waals surface area contributed by atoms with Crippen LogP contribution in [0.3, 0.4) is 0 Å². The van der Waals surface area contributed by atoms with Crippen molar-refractivity contribution in [3.8, 4) is 11.3 Å². The molecule has 5 rings (SSSR count). The number of anilines is 3. The third-order valence-electron chi connectivity index (χ3n) is 7.18. The van der Waals surface area contributed by atoms with Gasteiger partial charge in [-0.3, -0.25) is 9.79 Å². The van der Waals surface area contributed by atoms with Gasteiger partial charge in [-0.05, 0) is 67.3 Å². The molecule has 0 radical (unpaired) electrons. The summed E-state index contributed by atoms with van der Waals surface area (Å²) < 4.78 is 1.95. The molecule has 3 N–H and O–H groups in total. The summed E-state index contributed by atoms with van der Waals surface area (Å²) in [5, 5.41) is 9.68. The minimum absolute atomic E-state index is 0.102. The van der Waals surface area contributed by atoms with E-state index in [1.54, 1.807) is 13.2 Å². The summed E-state index contributed by atoms with van der Waals surface area (Å²) in [6, 6.07) is 21.7. The number of aromatic nitrogens is 3. The highest BCUT2D eigenvalue weighted by Gasteiger charge is 2.16. The van der Waals surface area contributed by atoms with Gasteiger partial charge in [0.2, 0.25) is 0 Å². The van der Waals surface area contributed by atoms with Crippen molar-refractivity contribution in [2.45, 2.75) is 33.1 Å². The average Bonchev–Trinajstić information content (AvgIpc) is 3.48. The summed E-state index contributed by atoms with van der Waals surface area (Å²) in [5.41, 5.74) is 7.77. The van der Waals surface area contributed by atoms with Gasteiger partial charge >= 0.3 is 0 Å². The number of nitrogens with zero attached hydrogens (tertiary/aromatic N) is 4. The molecule has 8 heteroatoms. The molecule has 41 heavy (non-hydrogen) atoms. The van der Waals surface area contributed by atoms with Crippen molar-refractivity contribution in [3.63, 3.8) is 0 Å². The zero-order chi connectivity index (χ0) is 28.8. The largest absolute Gasteiger partial charge is 0.373 e. The predicted octanol–water partition coefficient (Wildman–Crippen LogP) is 6.64. The fourth-order valence-electron chi connectivity index (χ4n) is 4.94. The SMILES string of the molecule is CCCCc1ccccc1C(=O)Nc1cccc(-c2cn3ccnc3c(Nc3ccc(/C(=N\C)NC)cc3)n2)c1C. The number of aryl methyl sites for hydroxylation is 1. The molecule has 8 nitrogen and oxygen atoms in total. The monoisotopic (exact) mass is 545 g/mol. The maximum absolute atomic E-state index is 13.3. The fraction of sp³-hybridized carbons (Fsp3) is 0.212. The van der Waals surface area contributed by atoms with Crippen molar-refractivity contribution >= 4 is 34.6 Å². The van der Waals surface area contributed by atoms with E-state index < -0.39 is 0 Å². The van der Waals surface area contributed by atoms with Crippen molar-refractivity contribution in [3.05, 3.63) is 108 Å². The van der Waals surface area contributed by atoms with Crippen molar-refractivity contribution in [2.24, 2.45) is 4.99 Å². The Kier molecular flexibility index (Phi) is 8.39. The fourth-order valence-corrected chi connectivity index (χ4v) is 4.94. The molecule has 2 heterocycles. The van der Waals surface area contributed by atoms with Gasteiger partial charge in [0, 0.05) is 60.8 Å². The van der Waals surface area contributed by atoms with Gasteiger partial charge in [-0.1, -0.05) is 43.7 Å². The number of amides is 1. The second-order valence-corrected chi connectivity index (χ2v) is 9.85. The standard InChI is InChI=1S/C33H35N7O/c1-5-6-10-23-11-7-8-12-27(23)33(41)39-28-14-9-13-26(22(28)2)29-21-40-20-19-36-32(40)31(38-29)37-25-17-15-24(16-18-25)30(34-3)35-4/h7-9,11-21H,5-6,10H2,1-4H3,(H,34,35)(H,37,38)(H,39,41). The van der Waals surface area contributed by atoms with Gasteiger partial charge in [0.05, 0.1) is 5.69 Å². The second-order valence-electron chi connectivity index (χ2n) is 9.85. The van der Waals surface area contributed by atoms with Crippen LogP contribution in [0.2, 0.25) is 0 Å². The first kappa shape index (κ1) is 27.6. The van der Waals surface area contributed by atoms with Gasteiger partial charge in [-0.15, -0.1) is 0 Å². The number of carbonyl (C=O) groups is 1. The highest BCUT2D eigenvalue weighted by atomic mass is 16.1. The van der Waals surface area contributed by atoms with E-state index in [0.29, 0.717) is 11.4 Å². The third-order valence-corrected chi connectivity index (χ3v) is 7.18. The second kappa shape index (κ2) is 12.5. The van der Waals surface area contributed by atoms with E-state index in [1.165, 1.54) is 0 Å². The Balaban J connectivity index is 1.45. The zero-order valence-corrected chi connectivity index (χ0v) is 23.9. The molecule has 3 aromatic carbocycles. The van der Waals surface area contributed by atoms with Gasteiger partial charge in [0.25, 0.3) is 5.91 Å². The van der Waals surface area contributed by atoms with E-state index in [2.05, 4.69) is 32.9 Å². The maximum Gasteiger partial charge on any atom is 0.255 e. The molecule has 0 saturated carbocycles. The third kappa shape index (κ3) is 5.96.